The topological polar surface area (TPSA) is 35.5 Å². The van der Waals surface area contributed by atoms with E-state index in [2.05, 4.69) is 17.1 Å². The van der Waals surface area contributed by atoms with Crippen molar-refractivity contribution in [2.24, 2.45) is 0 Å². The molecule has 0 saturated carbocycles. The number of hydrogen-bond acceptors (Lipinski definition) is 3. The second kappa shape index (κ2) is 3.73. The molecule has 2 N–H and O–H groups in total. The van der Waals surface area contributed by atoms with Crippen LogP contribution >= 0.6 is 0 Å². The quantitative estimate of drug-likeness (QED) is 0.618. The third kappa shape index (κ3) is 3.09. The maximum Gasteiger partial charge on any atom is 0.0718 e. The predicted molar refractivity (Wildman–Crippen MR) is 50.2 cm³/mol. The van der Waals surface area contributed by atoms with Crippen LogP contribution in [-0.4, -0.2) is 47.8 Å². The van der Waals surface area contributed by atoms with Gasteiger partial charge in [-0.3, -0.25) is 4.90 Å². The first-order valence-corrected chi connectivity index (χ1v) is 4.66. The lowest BCUT2D eigenvalue weighted by atomic mass is 10.1. The van der Waals surface area contributed by atoms with E-state index < -0.39 is 5.60 Å². The Labute approximate surface area is 74.8 Å². The predicted octanol–water partition coefficient (Wildman–Crippen LogP) is 0.0510. The Morgan fingerprint density at radius 2 is 2.25 bits per heavy atom. The molecule has 0 aromatic rings. The number of rotatable bonds is 2. The molecule has 0 aliphatic carbocycles. The molecule has 0 aromatic heterocycles. The second-order valence-electron chi connectivity index (χ2n) is 4.34. The smallest absolute Gasteiger partial charge is 0.0718 e. The molecule has 0 radical (unpaired) electrons. The number of hydrogen-bond donors (Lipinski definition) is 2. The molecular formula is C9H20N2O. The van der Waals surface area contributed by atoms with Gasteiger partial charge in [-0.05, 0) is 20.8 Å². The highest BCUT2D eigenvalue weighted by Crippen LogP contribution is 2.09. The van der Waals surface area contributed by atoms with Crippen molar-refractivity contribution < 1.29 is 5.11 Å². The maximum atomic E-state index is 9.63. The van der Waals surface area contributed by atoms with E-state index in [1.807, 2.05) is 13.8 Å². The molecule has 1 rings (SSSR count). The van der Waals surface area contributed by atoms with E-state index in [0.717, 1.165) is 26.2 Å². The van der Waals surface area contributed by atoms with Crippen LogP contribution in [0, 0.1) is 0 Å². The molecule has 0 amide bonds. The van der Waals surface area contributed by atoms with Crippen molar-refractivity contribution in [3.8, 4) is 0 Å². The number of nitrogens with one attached hydrogen (secondary N) is 1. The number of β-amino-alcohol motifs (C(OH)–C–C–N with tert-alkyl or cyclic N) is 1. The van der Waals surface area contributed by atoms with Crippen molar-refractivity contribution in [2.75, 3.05) is 26.2 Å². The minimum absolute atomic E-state index is 0.546. The lowest BCUT2D eigenvalue weighted by molar-refractivity contribution is 0.0171. The Kier molecular flexibility index (Phi) is 3.09. The van der Waals surface area contributed by atoms with Gasteiger partial charge in [0.2, 0.25) is 0 Å². The van der Waals surface area contributed by atoms with Crippen molar-refractivity contribution in [1.29, 1.82) is 0 Å². The molecule has 72 valence electrons. The summed E-state index contributed by atoms with van der Waals surface area (Å²) in [4.78, 5) is 2.33. The average molecular weight is 172 g/mol. The minimum Gasteiger partial charge on any atom is -0.389 e. The average Bonchev–Trinajstić information content (AvgIpc) is 1.91. The maximum absolute atomic E-state index is 9.63. The summed E-state index contributed by atoms with van der Waals surface area (Å²) in [6.07, 6.45) is 0. The van der Waals surface area contributed by atoms with Crippen LogP contribution < -0.4 is 5.32 Å². The Morgan fingerprint density at radius 1 is 1.58 bits per heavy atom. The molecule has 12 heavy (non-hydrogen) atoms. The van der Waals surface area contributed by atoms with Gasteiger partial charge in [0.25, 0.3) is 0 Å². The van der Waals surface area contributed by atoms with Crippen LogP contribution in [-0.2, 0) is 0 Å². The summed E-state index contributed by atoms with van der Waals surface area (Å²) in [7, 11) is 0. The van der Waals surface area contributed by atoms with Gasteiger partial charge in [-0.25, -0.2) is 0 Å². The van der Waals surface area contributed by atoms with Crippen LogP contribution in [0.1, 0.15) is 20.8 Å². The third-order valence-electron chi connectivity index (χ3n) is 2.23. The number of piperazine rings is 1. The zero-order chi connectivity index (χ0) is 9.19. The molecule has 1 aliphatic heterocycles. The summed E-state index contributed by atoms with van der Waals surface area (Å²) in [5.41, 5.74) is -0.564. The molecule has 0 aromatic carbocycles. The van der Waals surface area contributed by atoms with Gasteiger partial charge in [0.15, 0.2) is 0 Å². The van der Waals surface area contributed by atoms with E-state index in [1.165, 1.54) is 0 Å². The van der Waals surface area contributed by atoms with Crippen LogP contribution in [0.5, 0.6) is 0 Å². The van der Waals surface area contributed by atoms with Gasteiger partial charge in [0.1, 0.15) is 0 Å². The SMILES string of the molecule is CC1CNCCN1CC(C)(C)O. The Morgan fingerprint density at radius 3 is 2.75 bits per heavy atom. The van der Waals surface area contributed by atoms with Crippen molar-refractivity contribution in [3.63, 3.8) is 0 Å². The minimum atomic E-state index is -0.564. The molecule has 1 atom stereocenters. The molecule has 1 heterocycles. The lowest BCUT2D eigenvalue weighted by Crippen LogP contribution is -2.53. The Bertz CT molecular complexity index is 142. The molecular weight excluding hydrogens is 152 g/mol. The largest absolute Gasteiger partial charge is 0.389 e. The van der Waals surface area contributed by atoms with Gasteiger partial charge in [-0.1, -0.05) is 0 Å². The van der Waals surface area contributed by atoms with Crippen LogP contribution in [0.3, 0.4) is 0 Å². The van der Waals surface area contributed by atoms with Gasteiger partial charge < -0.3 is 10.4 Å². The van der Waals surface area contributed by atoms with Crippen molar-refractivity contribution in [1.82, 2.24) is 10.2 Å². The van der Waals surface area contributed by atoms with Gasteiger partial charge in [-0.2, -0.15) is 0 Å². The van der Waals surface area contributed by atoms with E-state index in [9.17, 15) is 5.11 Å². The van der Waals surface area contributed by atoms with Crippen LogP contribution in [0.4, 0.5) is 0 Å². The Hall–Kier alpha value is -0.120. The van der Waals surface area contributed by atoms with E-state index in [0.29, 0.717) is 6.04 Å². The normalized spacial score (nSPS) is 27.5. The lowest BCUT2D eigenvalue weighted by Gasteiger charge is -2.37. The van der Waals surface area contributed by atoms with Crippen LogP contribution in [0.2, 0.25) is 0 Å². The van der Waals surface area contributed by atoms with E-state index >= 15 is 0 Å². The first kappa shape index (κ1) is 9.96. The zero-order valence-corrected chi connectivity index (χ0v) is 8.30. The van der Waals surface area contributed by atoms with Crippen molar-refractivity contribution >= 4 is 0 Å². The van der Waals surface area contributed by atoms with Gasteiger partial charge in [-0.15, -0.1) is 0 Å². The van der Waals surface area contributed by atoms with E-state index in [1.54, 1.807) is 0 Å². The van der Waals surface area contributed by atoms with Gasteiger partial charge in [0.05, 0.1) is 5.60 Å². The summed E-state index contributed by atoms with van der Waals surface area (Å²) in [5, 5.41) is 13.0. The third-order valence-corrected chi connectivity index (χ3v) is 2.23. The van der Waals surface area contributed by atoms with Crippen LogP contribution in [0.25, 0.3) is 0 Å². The first-order valence-electron chi connectivity index (χ1n) is 4.66. The van der Waals surface area contributed by atoms with Crippen molar-refractivity contribution in [3.05, 3.63) is 0 Å². The zero-order valence-electron chi connectivity index (χ0n) is 8.30. The molecule has 1 saturated heterocycles. The molecule has 3 heteroatoms. The summed E-state index contributed by atoms with van der Waals surface area (Å²) >= 11 is 0. The highest BCUT2D eigenvalue weighted by Gasteiger charge is 2.23. The van der Waals surface area contributed by atoms with Gasteiger partial charge >= 0.3 is 0 Å². The molecule has 0 bridgehead atoms. The fourth-order valence-corrected chi connectivity index (χ4v) is 1.61. The van der Waals surface area contributed by atoms with E-state index in [4.69, 9.17) is 0 Å². The standard InChI is InChI=1S/C9H20N2O/c1-8-6-10-4-5-11(8)7-9(2,3)12/h8,10,12H,4-7H2,1-3H3. The summed E-state index contributed by atoms with van der Waals surface area (Å²) < 4.78 is 0. The number of nitrogens with zero attached hydrogens (tertiary/aromatic N) is 1. The molecule has 0 spiro atoms. The van der Waals surface area contributed by atoms with Gasteiger partial charge in [0, 0.05) is 32.2 Å². The fraction of sp³-hybridized carbons (Fsp3) is 1.00. The highest BCUT2D eigenvalue weighted by molar-refractivity contribution is 4.81. The Balaban J connectivity index is 2.39. The molecule has 1 aliphatic rings. The highest BCUT2D eigenvalue weighted by atomic mass is 16.3. The van der Waals surface area contributed by atoms with Crippen LogP contribution in [0.15, 0.2) is 0 Å². The first-order chi connectivity index (χ1) is 5.49. The van der Waals surface area contributed by atoms with Crippen molar-refractivity contribution in [2.45, 2.75) is 32.4 Å². The second-order valence-corrected chi connectivity index (χ2v) is 4.34. The number of aliphatic hydroxyl groups is 1. The molecule has 1 unspecified atom stereocenters. The summed E-state index contributed by atoms with van der Waals surface area (Å²) in [6, 6.07) is 0.546. The molecule has 1 fully saturated rings. The summed E-state index contributed by atoms with van der Waals surface area (Å²) in [6.45, 7) is 9.82. The monoisotopic (exact) mass is 172 g/mol. The molecule has 3 nitrogen and oxygen atoms in total. The summed E-state index contributed by atoms with van der Waals surface area (Å²) in [5.74, 6) is 0. The van der Waals surface area contributed by atoms with E-state index in [-0.39, 0.29) is 0 Å². The fourth-order valence-electron chi connectivity index (χ4n) is 1.61.